The average Bonchev–Trinajstić information content (AvgIpc) is 2.53. The van der Waals surface area contributed by atoms with Gasteiger partial charge in [-0.2, -0.15) is 0 Å². The molecule has 3 rings (SSSR count). The van der Waals surface area contributed by atoms with Crippen LogP contribution in [-0.4, -0.2) is 41.4 Å². The lowest BCUT2D eigenvalue weighted by Gasteiger charge is -2.22. The van der Waals surface area contributed by atoms with E-state index in [1.165, 1.54) is 6.07 Å². The van der Waals surface area contributed by atoms with E-state index in [-0.39, 0.29) is 4.90 Å². The third-order valence-corrected chi connectivity index (χ3v) is 5.15. The molecular weight excluding hydrogens is 294 g/mol. The average molecular weight is 313 g/mol. The van der Waals surface area contributed by atoms with Gasteiger partial charge in [0.2, 0.25) is 10.0 Å². The van der Waals surface area contributed by atoms with Gasteiger partial charge in [-0.15, -0.1) is 0 Å². The molecule has 2 heterocycles. The second kappa shape index (κ2) is 6.21. The van der Waals surface area contributed by atoms with Crippen molar-refractivity contribution in [3.63, 3.8) is 0 Å². The van der Waals surface area contributed by atoms with Gasteiger partial charge in [0.15, 0.2) is 11.5 Å². The van der Waals surface area contributed by atoms with Gasteiger partial charge in [0, 0.05) is 25.8 Å². The van der Waals surface area contributed by atoms with Gasteiger partial charge in [0.1, 0.15) is 13.2 Å². The smallest absolute Gasteiger partial charge is 0.240 e. The number of rotatable bonds is 4. The highest BCUT2D eigenvalue weighted by molar-refractivity contribution is 7.89. The van der Waals surface area contributed by atoms with E-state index in [0.717, 1.165) is 12.8 Å². The molecule has 0 aliphatic carbocycles. The summed E-state index contributed by atoms with van der Waals surface area (Å²) in [6, 6.07) is 4.69. The predicted molar refractivity (Wildman–Crippen MR) is 76.2 cm³/mol. The van der Waals surface area contributed by atoms with E-state index >= 15 is 0 Å². The summed E-state index contributed by atoms with van der Waals surface area (Å²) in [5, 5.41) is 0. The highest BCUT2D eigenvalue weighted by Crippen LogP contribution is 2.32. The molecule has 2 aliphatic rings. The highest BCUT2D eigenvalue weighted by Gasteiger charge is 2.21. The summed E-state index contributed by atoms with van der Waals surface area (Å²) < 4.78 is 43.4. The molecule has 0 unspecified atom stereocenters. The Labute approximate surface area is 124 Å². The number of hydrogen-bond acceptors (Lipinski definition) is 5. The Hall–Kier alpha value is -1.31. The summed E-state index contributed by atoms with van der Waals surface area (Å²) in [4.78, 5) is 0.207. The summed E-state index contributed by atoms with van der Waals surface area (Å²) in [7, 11) is -3.52. The van der Waals surface area contributed by atoms with Gasteiger partial charge in [0.25, 0.3) is 0 Å². The third kappa shape index (κ3) is 3.48. The van der Waals surface area contributed by atoms with Crippen LogP contribution in [0.25, 0.3) is 0 Å². The van der Waals surface area contributed by atoms with Crippen LogP contribution in [0.15, 0.2) is 23.1 Å². The lowest BCUT2D eigenvalue weighted by molar-refractivity contribution is 0.0678. The maximum atomic E-state index is 12.3. The van der Waals surface area contributed by atoms with Crippen LogP contribution in [0.4, 0.5) is 0 Å². The summed E-state index contributed by atoms with van der Waals surface area (Å²) in [6.45, 7) is 2.78. The van der Waals surface area contributed by atoms with E-state index < -0.39 is 10.0 Å². The second-order valence-electron chi connectivity index (χ2n) is 5.21. The largest absolute Gasteiger partial charge is 0.486 e. The molecule has 0 radical (unpaired) electrons. The van der Waals surface area contributed by atoms with E-state index in [2.05, 4.69) is 4.72 Å². The molecule has 0 atom stereocenters. The molecule has 0 aromatic heterocycles. The molecule has 7 heteroatoms. The van der Waals surface area contributed by atoms with Gasteiger partial charge in [-0.25, -0.2) is 13.1 Å². The number of hydrogen-bond donors (Lipinski definition) is 1. The normalized spacial score (nSPS) is 19.4. The van der Waals surface area contributed by atoms with Crippen molar-refractivity contribution in [1.29, 1.82) is 0 Å². The first-order valence-electron chi connectivity index (χ1n) is 7.12. The molecule has 0 bridgehead atoms. The molecule has 1 fully saturated rings. The highest BCUT2D eigenvalue weighted by atomic mass is 32.2. The van der Waals surface area contributed by atoms with E-state index in [1.807, 2.05) is 0 Å². The van der Waals surface area contributed by atoms with Crippen molar-refractivity contribution >= 4 is 10.0 Å². The van der Waals surface area contributed by atoms with Crippen LogP contribution in [0.1, 0.15) is 12.8 Å². The standard InChI is InChI=1S/C14H19NO5S/c16-21(17,15-10-11-3-5-18-6-4-11)12-1-2-13-14(9-12)20-8-7-19-13/h1-2,9,11,15H,3-8,10H2. The van der Waals surface area contributed by atoms with Crippen LogP contribution in [-0.2, 0) is 14.8 Å². The Kier molecular flexibility index (Phi) is 4.32. The van der Waals surface area contributed by atoms with Gasteiger partial charge in [0.05, 0.1) is 4.90 Å². The lowest BCUT2D eigenvalue weighted by Crippen LogP contribution is -2.32. The fourth-order valence-corrected chi connectivity index (χ4v) is 3.58. The molecular formula is C14H19NO5S. The van der Waals surface area contributed by atoms with Crippen molar-refractivity contribution in [3.05, 3.63) is 18.2 Å². The third-order valence-electron chi connectivity index (χ3n) is 3.73. The van der Waals surface area contributed by atoms with Crippen LogP contribution in [0, 0.1) is 5.92 Å². The minimum atomic E-state index is -3.52. The van der Waals surface area contributed by atoms with Crippen molar-refractivity contribution in [1.82, 2.24) is 4.72 Å². The van der Waals surface area contributed by atoms with Crippen LogP contribution in [0.3, 0.4) is 0 Å². The predicted octanol–water partition coefficient (Wildman–Crippen LogP) is 1.16. The van der Waals surface area contributed by atoms with E-state index in [1.54, 1.807) is 12.1 Å². The molecule has 1 saturated heterocycles. The van der Waals surface area contributed by atoms with Gasteiger partial charge < -0.3 is 14.2 Å². The van der Waals surface area contributed by atoms with E-state index in [9.17, 15) is 8.42 Å². The van der Waals surface area contributed by atoms with Crippen LogP contribution < -0.4 is 14.2 Å². The Morgan fingerprint density at radius 3 is 2.52 bits per heavy atom. The first kappa shape index (κ1) is 14.6. The van der Waals surface area contributed by atoms with Crippen LogP contribution in [0.5, 0.6) is 11.5 Å². The topological polar surface area (TPSA) is 73.9 Å². The summed E-state index contributed by atoms with van der Waals surface area (Å²) >= 11 is 0. The van der Waals surface area contributed by atoms with E-state index in [0.29, 0.717) is 50.4 Å². The summed E-state index contributed by atoms with van der Waals surface area (Å²) in [6.07, 6.45) is 1.79. The fraction of sp³-hybridized carbons (Fsp3) is 0.571. The maximum absolute atomic E-state index is 12.3. The van der Waals surface area contributed by atoms with Gasteiger partial charge in [-0.1, -0.05) is 0 Å². The van der Waals surface area contributed by atoms with Crippen molar-refractivity contribution in [2.24, 2.45) is 5.92 Å². The molecule has 116 valence electrons. The molecule has 1 aromatic carbocycles. The number of benzene rings is 1. The molecule has 1 aromatic rings. The molecule has 2 aliphatic heterocycles. The van der Waals surface area contributed by atoms with Gasteiger partial charge in [-0.05, 0) is 30.9 Å². The van der Waals surface area contributed by atoms with Crippen molar-refractivity contribution in [2.45, 2.75) is 17.7 Å². The zero-order valence-electron chi connectivity index (χ0n) is 11.7. The monoisotopic (exact) mass is 313 g/mol. The first-order valence-corrected chi connectivity index (χ1v) is 8.60. The van der Waals surface area contributed by atoms with Crippen molar-refractivity contribution < 1.29 is 22.6 Å². The lowest BCUT2D eigenvalue weighted by atomic mass is 10.0. The molecule has 0 amide bonds. The Balaban J connectivity index is 1.69. The minimum Gasteiger partial charge on any atom is -0.486 e. The second-order valence-corrected chi connectivity index (χ2v) is 6.98. The van der Waals surface area contributed by atoms with Gasteiger partial charge >= 0.3 is 0 Å². The van der Waals surface area contributed by atoms with Crippen molar-refractivity contribution in [2.75, 3.05) is 33.0 Å². The first-order chi connectivity index (χ1) is 10.1. The molecule has 0 spiro atoms. The number of ether oxygens (including phenoxy) is 3. The minimum absolute atomic E-state index is 0.207. The van der Waals surface area contributed by atoms with Crippen LogP contribution in [0.2, 0.25) is 0 Å². The summed E-state index contributed by atoms with van der Waals surface area (Å²) in [5.41, 5.74) is 0. The Morgan fingerprint density at radius 2 is 1.76 bits per heavy atom. The quantitative estimate of drug-likeness (QED) is 0.903. The SMILES string of the molecule is O=S(=O)(NCC1CCOCC1)c1ccc2c(c1)OCCO2. The van der Waals surface area contributed by atoms with Crippen molar-refractivity contribution in [3.8, 4) is 11.5 Å². The Bertz CT molecular complexity index is 595. The fourth-order valence-electron chi connectivity index (χ4n) is 2.45. The van der Waals surface area contributed by atoms with E-state index in [4.69, 9.17) is 14.2 Å². The molecule has 21 heavy (non-hydrogen) atoms. The number of nitrogens with one attached hydrogen (secondary N) is 1. The maximum Gasteiger partial charge on any atom is 0.240 e. The number of fused-ring (bicyclic) bond motifs is 1. The summed E-state index contributed by atoms with van der Waals surface area (Å²) in [5.74, 6) is 1.41. The Morgan fingerprint density at radius 1 is 1.05 bits per heavy atom. The molecule has 6 nitrogen and oxygen atoms in total. The van der Waals surface area contributed by atoms with Gasteiger partial charge in [-0.3, -0.25) is 0 Å². The van der Waals surface area contributed by atoms with Crippen LogP contribution >= 0.6 is 0 Å². The zero-order chi connectivity index (χ0) is 14.7. The number of sulfonamides is 1. The zero-order valence-corrected chi connectivity index (χ0v) is 12.5. The molecule has 1 N–H and O–H groups in total. The molecule has 0 saturated carbocycles.